The molecule has 3 atom stereocenters. The molecule has 0 unspecified atom stereocenters. The molecule has 1 aromatic carbocycles. The zero-order valence-corrected chi connectivity index (χ0v) is 22.9. The maximum absolute atomic E-state index is 14.3. The van der Waals surface area contributed by atoms with Crippen molar-refractivity contribution >= 4 is 40.9 Å². The monoisotopic (exact) mass is 585 g/mol. The van der Waals surface area contributed by atoms with Crippen LogP contribution in [0.1, 0.15) is 78.4 Å². The van der Waals surface area contributed by atoms with E-state index in [1.807, 2.05) is 0 Å². The minimum absolute atomic E-state index is 0.0211. The molecule has 3 saturated carbocycles. The number of carbonyl (C=O) groups excluding carboxylic acids is 2. The summed E-state index contributed by atoms with van der Waals surface area (Å²) in [5.74, 6) is -2.10. The number of carboxylic acid groups (broad SMARTS) is 1. The fourth-order valence-electron chi connectivity index (χ4n) is 6.64. The van der Waals surface area contributed by atoms with Crippen molar-refractivity contribution in [3.8, 4) is 0 Å². The van der Waals surface area contributed by atoms with Gasteiger partial charge in [0.15, 0.2) is 11.5 Å². The summed E-state index contributed by atoms with van der Waals surface area (Å²) in [5.41, 5.74) is -1.68. The number of rotatable bonds is 8. The molecule has 2 aromatic rings. The first kappa shape index (κ1) is 28.0. The molecule has 7 nitrogen and oxygen atoms in total. The number of aromatic nitrogens is 2. The lowest BCUT2D eigenvalue weighted by molar-refractivity contribution is -0.147. The molecule has 3 aliphatic rings. The van der Waals surface area contributed by atoms with Gasteiger partial charge in [0.25, 0.3) is 5.91 Å². The van der Waals surface area contributed by atoms with Crippen LogP contribution in [0.2, 0.25) is 10.0 Å². The van der Waals surface area contributed by atoms with Crippen LogP contribution < -0.4 is 0 Å². The number of hydrogen-bond donors (Lipinski definition) is 1. The predicted octanol–water partition coefficient (Wildman–Crippen LogP) is 6.39. The van der Waals surface area contributed by atoms with Crippen molar-refractivity contribution in [3.63, 3.8) is 0 Å². The Hall–Kier alpha value is -2.59. The highest BCUT2D eigenvalue weighted by Crippen LogP contribution is 2.67. The minimum atomic E-state index is -4.89. The number of benzene rings is 1. The van der Waals surface area contributed by atoms with E-state index in [-0.39, 0.29) is 46.2 Å². The Labute approximate surface area is 233 Å². The van der Waals surface area contributed by atoms with Crippen molar-refractivity contribution < 1.29 is 32.7 Å². The smallest absolute Gasteiger partial charge is 0.433 e. The number of carboxylic acids is 1. The molecule has 1 heterocycles. The Balaban J connectivity index is 1.46. The van der Waals surface area contributed by atoms with Crippen LogP contribution in [0.4, 0.5) is 13.2 Å². The highest BCUT2D eigenvalue weighted by atomic mass is 35.5. The van der Waals surface area contributed by atoms with E-state index in [9.17, 15) is 27.6 Å². The molecular formula is C27H28Cl2F3N3O4. The highest BCUT2D eigenvalue weighted by Gasteiger charge is 2.63. The van der Waals surface area contributed by atoms with Crippen LogP contribution in [0.25, 0.3) is 0 Å². The fraction of sp³-hybridized carbons (Fsp3) is 0.556. The van der Waals surface area contributed by atoms with Gasteiger partial charge in [-0.3, -0.25) is 19.1 Å². The van der Waals surface area contributed by atoms with Gasteiger partial charge in [0.05, 0.1) is 40.0 Å². The standard InChI is InChI=1S/C27H28Cl2F3N3O4/c1-26(2)17-9-14(10-18(17)26)34(12-21(36)23-19(28)4-3-5-20(23)29)25(39)16-11-33-35(24(16)27(30,31)32)15-6-13(7-15)8-22(37)38/h3-5,11,13-15,17-18H,6-10,12H2,1-2H3,(H,37,38)/t13-,14-,15-,17-,18+. The molecule has 0 aliphatic heterocycles. The normalized spacial score (nSPS) is 27.0. The number of fused-ring (bicyclic) bond motifs is 1. The van der Waals surface area contributed by atoms with Crippen LogP contribution in [0.15, 0.2) is 24.4 Å². The number of amides is 1. The van der Waals surface area contributed by atoms with Gasteiger partial charge in [-0.1, -0.05) is 43.1 Å². The minimum Gasteiger partial charge on any atom is -0.481 e. The third kappa shape index (κ3) is 5.06. The summed E-state index contributed by atoms with van der Waals surface area (Å²) in [6.07, 6.45) is -2.50. The van der Waals surface area contributed by atoms with Crippen molar-refractivity contribution in [2.24, 2.45) is 23.2 Å². The number of hydrogen-bond acceptors (Lipinski definition) is 4. The molecule has 12 heteroatoms. The lowest BCUT2D eigenvalue weighted by Crippen LogP contribution is -2.44. The first-order valence-corrected chi connectivity index (χ1v) is 13.6. The summed E-state index contributed by atoms with van der Waals surface area (Å²) < 4.78 is 43.8. The number of alkyl halides is 3. The summed E-state index contributed by atoms with van der Waals surface area (Å²) in [5, 5.41) is 13.1. The van der Waals surface area contributed by atoms with Gasteiger partial charge in [0.2, 0.25) is 0 Å². The topological polar surface area (TPSA) is 92.5 Å². The number of carbonyl (C=O) groups is 3. The molecule has 0 saturated heterocycles. The number of ketones is 1. The van der Waals surface area contributed by atoms with Crippen LogP contribution >= 0.6 is 23.2 Å². The van der Waals surface area contributed by atoms with E-state index in [1.54, 1.807) is 6.07 Å². The van der Waals surface area contributed by atoms with Crippen LogP contribution in [-0.2, 0) is 11.0 Å². The van der Waals surface area contributed by atoms with Gasteiger partial charge < -0.3 is 10.0 Å². The van der Waals surface area contributed by atoms with Crippen molar-refractivity contribution in [1.82, 2.24) is 14.7 Å². The maximum Gasteiger partial charge on any atom is 0.433 e. The summed E-state index contributed by atoms with van der Waals surface area (Å²) >= 11 is 12.4. The molecule has 1 aromatic heterocycles. The molecule has 0 radical (unpaired) electrons. The Bertz CT molecular complexity index is 1300. The van der Waals surface area contributed by atoms with Gasteiger partial charge >= 0.3 is 12.1 Å². The van der Waals surface area contributed by atoms with Crippen LogP contribution in [-0.4, -0.2) is 50.0 Å². The third-order valence-electron chi connectivity index (χ3n) is 8.91. The Kier molecular flexibility index (Phi) is 7.02. The van der Waals surface area contributed by atoms with Gasteiger partial charge in [-0.25, -0.2) is 0 Å². The van der Waals surface area contributed by atoms with Crippen molar-refractivity contribution in [3.05, 3.63) is 51.3 Å². The number of Topliss-reactive ketones (excluding diaryl/α,β-unsaturated/α-hetero) is 1. The van der Waals surface area contributed by atoms with Gasteiger partial charge in [0, 0.05) is 12.5 Å². The fourth-order valence-corrected chi connectivity index (χ4v) is 7.25. The summed E-state index contributed by atoms with van der Waals surface area (Å²) in [6, 6.07) is 3.47. The van der Waals surface area contributed by atoms with Crippen molar-refractivity contribution in [2.75, 3.05) is 6.54 Å². The van der Waals surface area contributed by atoms with Gasteiger partial charge in [-0.15, -0.1) is 0 Å². The number of halogens is 5. The summed E-state index contributed by atoms with van der Waals surface area (Å²) in [4.78, 5) is 39.4. The Morgan fingerprint density at radius 1 is 1.10 bits per heavy atom. The Morgan fingerprint density at radius 3 is 2.23 bits per heavy atom. The van der Waals surface area contributed by atoms with E-state index in [1.165, 1.54) is 17.0 Å². The zero-order chi connectivity index (χ0) is 28.4. The molecule has 1 amide bonds. The zero-order valence-electron chi connectivity index (χ0n) is 21.3. The quantitative estimate of drug-likeness (QED) is 0.362. The van der Waals surface area contributed by atoms with Crippen molar-refractivity contribution in [1.29, 1.82) is 0 Å². The van der Waals surface area contributed by atoms with Gasteiger partial charge in [-0.2, -0.15) is 18.3 Å². The van der Waals surface area contributed by atoms with E-state index in [0.29, 0.717) is 24.7 Å². The number of nitrogens with zero attached hydrogens (tertiary/aromatic N) is 3. The first-order valence-electron chi connectivity index (χ1n) is 12.8. The second-order valence-electron chi connectivity index (χ2n) is 11.6. The Morgan fingerprint density at radius 2 is 1.69 bits per heavy atom. The van der Waals surface area contributed by atoms with E-state index >= 15 is 0 Å². The molecule has 210 valence electrons. The van der Waals surface area contributed by atoms with Gasteiger partial charge in [0.1, 0.15) is 0 Å². The molecule has 0 spiro atoms. The second kappa shape index (κ2) is 9.80. The lowest BCUT2D eigenvalue weighted by atomic mass is 9.78. The molecule has 3 fully saturated rings. The third-order valence-corrected chi connectivity index (χ3v) is 9.54. The molecule has 0 bridgehead atoms. The van der Waals surface area contributed by atoms with Crippen LogP contribution in [0.3, 0.4) is 0 Å². The first-order chi connectivity index (χ1) is 18.2. The molecule has 5 rings (SSSR count). The highest BCUT2D eigenvalue weighted by molar-refractivity contribution is 6.40. The predicted molar refractivity (Wildman–Crippen MR) is 137 cm³/mol. The van der Waals surface area contributed by atoms with Crippen LogP contribution in [0, 0.1) is 23.2 Å². The summed E-state index contributed by atoms with van der Waals surface area (Å²) in [6.45, 7) is 3.78. The maximum atomic E-state index is 14.3. The molecule has 39 heavy (non-hydrogen) atoms. The van der Waals surface area contributed by atoms with E-state index < -0.39 is 53.7 Å². The largest absolute Gasteiger partial charge is 0.481 e. The average Bonchev–Trinajstić information content (AvgIpc) is 3.23. The second-order valence-corrected chi connectivity index (χ2v) is 12.4. The average molecular weight is 586 g/mol. The summed E-state index contributed by atoms with van der Waals surface area (Å²) in [7, 11) is 0. The van der Waals surface area contributed by atoms with E-state index in [0.717, 1.165) is 10.9 Å². The molecule has 3 aliphatic carbocycles. The lowest BCUT2D eigenvalue weighted by Gasteiger charge is -2.36. The van der Waals surface area contributed by atoms with E-state index in [4.69, 9.17) is 28.3 Å². The van der Waals surface area contributed by atoms with E-state index in [2.05, 4.69) is 18.9 Å². The SMILES string of the molecule is CC1(C)[C@@H]2C[C@@H](N(CC(=O)c3c(Cl)cccc3Cl)C(=O)c3cnn([C@H]4C[C@H](CC(=O)O)C4)c3C(F)(F)F)C[C@@H]21. The van der Waals surface area contributed by atoms with Crippen molar-refractivity contribution in [2.45, 2.75) is 64.2 Å². The van der Waals surface area contributed by atoms with Gasteiger partial charge in [-0.05, 0) is 61.0 Å². The molecule has 1 N–H and O–H groups in total. The van der Waals surface area contributed by atoms with Crippen LogP contribution in [0.5, 0.6) is 0 Å². The molecular weight excluding hydrogens is 558 g/mol. The number of aliphatic carboxylic acids is 1.